The van der Waals surface area contributed by atoms with E-state index >= 15 is 0 Å². The Morgan fingerprint density at radius 2 is 1.00 bits per heavy atom. The summed E-state index contributed by atoms with van der Waals surface area (Å²) in [7, 11) is 0. The van der Waals surface area contributed by atoms with Crippen LogP contribution in [0.25, 0.3) is 111 Å². The molecule has 266 valence electrons. The molecule has 57 heavy (non-hydrogen) atoms. The summed E-state index contributed by atoms with van der Waals surface area (Å²) in [6.07, 6.45) is 0. The highest BCUT2D eigenvalue weighted by Gasteiger charge is 2.24. The van der Waals surface area contributed by atoms with E-state index in [-0.39, 0.29) is 0 Å². The third kappa shape index (κ3) is 4.86. The number of fused-ring (bicyclic) bond motifs is 9. The van der Waals surface area contributed by atoms with Crippen molar-refractivity contribution in [1.82, 2.24) is 29.1 Å². The van der Waals surface area contributed by atoms with Crippen LogP contribution in [0.4, 0.5) is 0 Å². The first-order valence-corrected chi connectivity index (χ1v) is 19.0. The molecule has 7 nitrogen and oxygen atoms in total. The lowest BCUT2D eigenvalue weighted by molar-refractivity contribution is 0.620. The van der Waals surface area contributed by atoms with Gasteiger partial charge in [0.1, 0.15) is 5.52 Å². The van der Waals surface area contributed by atoms with Gasteiger partial charge >= 0.3 is 0 Å². The van der Waals surface area contributed by atoms with E-state index in [2.05, 4.69) is 149 Å². The van der Waals surface area contributed by atoms with Crippen molar-refractivity contribution >= 4 is 65.5 Å². The number of oxazole rings is 1. The van der Waals surface area contributed by atoms with Crippen molar-refractivity contribution in [3.63, 3.8) is 0 Å². The van der Waals surface area contributed by atoms with Crippen LogP contribution >= 0.6 is 0 Å². The Balaban J connectivity index is 1.17. The zero-order valence-corrected chi connectivity index (χ0v) is 30.4. The molecule has 8 aromatic carbocycles. The molecule has 0 radical (unpaired) electrons. The molecule has 0 aliphatic carbocycles. The maximum Gasteiger partial charge on any atom is 0.238 e. The second kappa shape index (κ2) is 12.3. The van der Waals surface area contributed by atoms with Gasteiger partial charge < -0.3 is 8.98 Å². The van der Waals surface area contributed by atoms with E-state index in [4.69, 9.17) is 24.4 Å². The van der Waals surface area contributed by atoms with Crippen molar-refractivity contribution in [1.29, 1.82) is 0 Å². The standard InChI is InChI=1S/C50H30N6O/c1-2-14-32(15-3-1)47-52-48(40-20-12-16-31-13-4-5-17-35(31)40)54-50(53-47)56-43-23-10-7-19-37(43)39-30-29-38-36-18-6-9-22-42(36)55(45(38)46(39)56)34-27-25-33(26-28-34)49-51-41-21-8-11-24-44(41)57-49/h1-30H. The Bertz CT molecular complexity index is 3490. The predicted octanol–water partition coefficient (Wildman–Crippen LogP) is 12.4. The summed E-state index contributed by atoms with van der Waals surface area (Å²) < 4.78 is 10.7. The average molecular weight is 731 g/mol. The first kappa shape index (κ1) is 31.5. The molecule has 0 saturated heterocycles. The molecule has 0 fully saturated rings. The van der Waals surface area contributed by atoms with E-state index in [9.17, 15) is 0 Å². The Morgan fingerprint density at radius 3 is 1.77 bits per heavy atom. The van der Waals surface area contributed by atoms with Crippen LogP contribution in [0.1, 0.15) is 0 Å². The molecule has 0 amide bonds. The summed E-state index contributed by atoms with van der Waals surface area (Å²) in [6.45, 7) is 0. The number of rotatable bonds is 5. The van der Waals surface area contributed by atoms with Gasteiger partial charge in [0.05, 0.1) is 22.1 Å². The van der Waals surface area contributed by atoms with Gasteiger partial charge in [0.2, 0.25) is 11.8 Å². The van der Waals surface area contributed by atoms with Gasteiger partial charge in [0.25, 0.3) is 0 Å². The van der Waals surface area contributed by atoms with Crippen LogP contribution in [0.5, 0.6) is 0 Å². The van der Waals surface area contributed by atoms with Crippen LogP contribution in [0.15, 0.2) is 186 Å². The molecular weight excluding hydrogens is 701 g/mol. The lowest BCUT2D eigenvalue weighted by Crippen LogP contribution is -2.07. The van der Waals surface area contributed by atoms with Crippen LogP contribution < -0.4 is 0 Å². The van der Waals surface area contributed by atoms with Crippen LogP contribution in [0.3, 0.4) is 0 Å². The summed E-state index contributed by atoms with van der Waals surface area (Å²) >= 11 is 0. The lowest BCUT2D eigenvalue weighted by atomic mass is 10.0. The fraction of sp³-hybridized carbons (Fsp3) is 0. The normalized spacial score (nSPS) is 11.9. The Labute approximate surface area is 325 Å². The van der Waals surface area contributed by atoms with Gasteiger partial charge in [-0.25, -0.2) is 9.97 Å². The highest BCUT2D eigenvalue weighted by Crippen LogP contribution is 2.42. The van der Waals surface area contributed by atoms with Crippen LogP contribution in [-0.4, -0.2) is 29.1 Å². The van der Waals surface area contributed by atoms with Crippen molar-refractivity contribution in [2.45, 2.75) is 0 Å². The minimum absolute atomic E-state index is 0.550. The smallest absolute Gasteiger partial charge is 0.238 e. The minimum atomic E-state index is 0.550. The predicted molar refractivity (Wildman–Crippen MR) is 230 cm³/mol. The summed E-state index contributed by atoms with van der Waals surface area (Å²) in [5, 5.41) is 6.73. The summed E-state index contributed by atoms with van der Waals surface area (Å²) in [4.78, 5) is 20.6. The number of hydrogen-bond acceptors (Lipinski definition) is 5. The largest absolute Gasteiger partial charge is 0.436 e. The van der Waals surface area contributed by atoms with E-state index < -0.39 is 0 Å². The highest BCUT2D eigenvalue weighted by atomic mass is 16.3. The van der Waals surface area contributed by atoms with Crippen molar-refractivity contribution in [2.24, 2.45) is 0 Å². The molecule has 0 atom stereocenters. The molecule has 0 unspecified atom stereocenters. The topological polar surface area (TPSA) is 74.6 Å². The van der Waals surface area contributed by atoms with Gasteiger partial charge in [-0.2, -0.15) is 9.97 Å². The number of aromatic nitrogens is 6. The van der Waals surface area contributed by atoms with Crippen molar-refractivity contribution in [3.05, 3.63) is 182 Å². The highest BCUT2D eigenvalue weighted by molar-refractivity contribution is 6.23. The third-order valence-electron chi connectivity index (χ3n) is 11.0. The SMILES string of the molecule is c1ccc(-c2nc(-c3cccc4ccccc34)nc(-n3c4ccccc4c4ccc5c6ccccc6n(-c6ccc(-c7nc8ccccc8o7)cc6)c5c43)n2)cc1. The van der Waals surface area contributed by atoms with Gasteiger partial charge in [0.15, 0.2) is 17.2 Å². The van der Waals surface area contributed by atoms with E-state index in [1.165, 1.54) is 0 Å². The van der Waals surface area contributed by atoms with Gasteiger partial charge in [-0.15, -0.1) is 0 Å². The van der Waals surface area contributed by atoms with Gasteiger partial charge in [-0.1, -0.05) is 133 Å². The zero-order valence-electron chi connectivity index (χ0n) is 30.4. The van der Waals surface area contributed by atoms with Crippen LogP contribution in [0.2, 0.25) is 0 Å². The van der Waals surface area contributed by atoms with Gasteiger partial charge in [-0.05, 0) is 59.3 Å². The number of hydrogen-bond donors (Lipinski definition) is 0. The summed E-state index contributed by atoms with van der Waals surface area (Å²) in [5.41, 5.74) is 9.60. The fourth-order valence-corrected chi connectivity index (χ4v) is 8.45. The van der Waals surface area contributed by atoms with Crippen LogP contribution in [0, 0.1) is 0 Å². The number of nitrogens with zero attached hydrogens (tertiary/aromatic N) is 6. The third-order valence-corrected chi connectivity index (χ3v) is 11.0. The van der Waals surface area contributed by atoms with E-state index in [0.29, 0.717) is 23.5 Å². The molecule has 12 rings (SSSR count). The van der Waals surface area contributed by atoms with Crippen LogP contribution in [-0.2, 0) is 0 Å². The fourth-order valence-electron chi connectivity index (χ4n) is 8.45. The van der Waals surface area contributed by atoms with E-state index in [0.717, 1.165) is 87.9 Å². The number of para-hydroxylation sites is 4. The Kier molecular flexibility index (Phi) is 6.79. The maximum absolute atomic E-state index is 6.15. The summed E-state index contributed by atoms with van der Waals surface area (Å²) in [6, 6.07) is 62.8. The molecule has 12 aromatic rings. The minimum Gasteiger partial charge on any atom is -0.436 e. The molecule has 0 aliphatic rings. The Hall–Kier alpha value is -7.90. The molecule has 7 heteroatoms. The summed E-state index contributed by atoms with van der Waals surface area (Å²) in [5.74, 6) is 2.37. The molecule has 0 aliphatic heterocycles. The first-order chi connectivity index (χ1) is 28.3. The van der Waals surface area contributed by atoms with Gasteiger partial charge in [-0.3, -0.25) is 4.57 Å². The van der Waals surface area contributed by atoms with Gasteiger partial charge in [0, 0.05) is 43.9 Å². The zero-order chi connectivity index (χ0) is 37.5. The number of benzene rings is 8. The molecule has 0 saturated carbocycles. The average Bonchev–Trinajstić information content (AvgIpc) is 3.97. The van der Waals surface area contributed by atoms with Crippen molar-refractivity contribution < 1.29 is 4.42 Å². The molecule has 0 spiro atoms. The molecule has 0 N–H and O–H groups in total. The second-order valence-electron chi connectivity index (χ2n) is 14.3. The van der Waals surface area contributed by atoms with E-state index in [1.807, 2.05) is 42.5 Å². The molecule has 4 heterocycles. The Morgan fingerprint density at radius 1 is 0.386 bits per heavy atom. The molecule has 0 bridgehead atoms. The lowest BCUT2D eigenvalue weighted by Gasteiger charge is -2.14. The van der Waals surface area contributed by atoms with E-state index in [1.54, 1.807) is 0 Å². The second-order valence-corrected chi connectivity index (χ2v) is 14.3. The molecule has 4 aromatic heterocycles. The maximum atomic E-state index is 6.15. The van der Waals surface area contributed by atoms with Crippen molar-refractivity contribution in [3.8, 4) is 45.9 Å². The van der Waals surface area contributed by atoms with Crippen molar-refractivity contribution in [2.75, 3.05) is 0 Å². The monoisotopic (exact) mass is 730 g/mol. The first-order valence-electron chi connectivity index (χ1n) is 19.0. The molecular formula is C50H30N6O. The quantitative estimate of drug-likeness (QED) is 0.176.